The van der Waals surface area contributed by atoms with Gasteiger partial charge in [-0.1, -0.05) is 0 Å². The van der Waals surface area contributed by atoms with Crippen molar-refractivity contribution in [2.75, 3.05) is 32.8 Å². The number of rotatable bonds is 6. The first kappa shape index (κ1) is 20.9. The third-order valence-electron chi connectivity index (χ3n) is 5.47. The highest BCUT2D eigenvalue weighted by molar-refractivity contribution is 5.68. The minimum Gasteiger partial charge on any atom is -0.491 e. The van der Waals surface area contributed by atoms with Gasteiger partial charge in [-0.05, 0) is 44.9 Å². The second-order valence-electron chi connectivity index (χ2n) is 8.10. The predicted octanol–water partition coefficient (Wildman–Crippen LogP) is 1.86. The summed E-state index contributed by atoms with van der Waals surface area (Å²) in [7, 11) is 0. The average molecular weight is 398 g/mol. The molecule has 2 saturated heterocycles. The van der Waals surface area contributed by atoms with Crippen LogP contribution in [-0.2, 0) is 4.74 Å². The predicted molar refractivity (Wildman–Crippen MR) is 104 cm³/mol. The first-order valence-corrected chi connectivity index (χ1v) is 9.78. The van der Waals surface area contributed by atoms with Crippen molar-refractivity contribution < 1.29 is 19.4 Å². The van der Waals surface area contributed by atoms with Crippen LogP contribution in [-0.4, -0.2) is 71.5 Å². The van der Waals surface area contributed by atoms with E-state index in [0.717, 1.165) is 12.8 Å². The van der Waals surface area contributed by atoms with Crippen molar-refractivity contribution in [3.8, 4) is 17.9 Å². The number of aliphatic hydroxyl groups is 1. The molecule has 2 unspecified atom stereocenters. The largest absolute Gasteiger partial charge is 0.491 e. The molecule has 1 aromatic rings. The summed E-state index contributed by atoms with van der Waals surface area (Å²) >= 11 is 0. The van der Waals surface area contributed by atoms with Crippen molar-refractivity contribution in [1.29, 1.82) is 10.5 Å². The number of nitrogens with zero attached hydrogens (tertiary/aromatic N) is 4. The van der Waals surface area contributed by atoms with Crippen molar-refractivity contribution in [3.05, 3.63) is 29.3 Å². The van der Waals surface area contributed by atoms with Crippen LogP contribution >= 0.6 is 0 Å². The summed E-state index contributed by atoms with van der Waals surface area (Å²) in [5, 5.41) is 27.5. The molecule has 29 heavy (non-hydrogen) atoms. The molecule has 2 fully saturated rings. The van der Waals surface area contributed by atoms with Gasteiger partial charge in [-0.15, -0.1) is 0 Å². The van der Waals surface area contributed by atoms with E-state index in [1.165, 1.54) is 6.07 Å². The number of benzene rings is 1. The standard InChI is InChI=1S/C21H26N4O4/c1-21(2,14-26)29-20(27)24-12-17-4-5-18(13-24)25(17)7-8-28-19-6-3-15(10-22)9-16(19)11-23/h3,6,9,17-18,26H,4-5,7-8,12-14H2,1-2H3. The maximum atomic E-state index is 12.4. The van der Waals surface area contributed by atoms with E-state index < -0.39 is 5.60 Å². The lowest BCUT2D eigenvalue weighted by atomic mass is 10.1. The van der Waals surface area contributed by atoms with E-state index >= 15 is 0 Å². The summed E-state index contributed by atoms with van der Waals surface area (Å²) in [5.41, 5.74) is -0.105. The van der Waals surface area contributed by atoms with Gasteiger partial charge in [-0.2, -0.15) is 10.5 Å². The van der Waals surface area contributed by atoms with E-state index in [1.54, 1.807) is 30.9 Å². The smallest absolute Gasteiger partial charge is 0.410 e. The Morgan fingerprint density at radius 2 is 1.93 bits per heavy atom. The monoisotopic (exact) mass is 398 g/mol. The number of hydrogen-bond acceptors (Lipinski definition) is 7. The lowest BCUT2D eigenvalue weighted by Crippen LogP contribution is -2.57. The Bertz CT molecular complexity index is 828. The van der Waals surface area contributed by atoms with Crippen LogP contribution in [0.3, 0.4) is 0 Å². The summed E-state index contributed by atoms with van der Waals surface area (Å²) in [6.07, 6.45) is 1.64. The van der Waals surface area contributed by atoms with Crippen LogP contribution in [0.2, 0.25) is 0 Å². The molecule has 2 aliphatic heterocycles. The number of hydrogen-bond donors (Lipinski definition) is 1. The molecule has 0 spiro atoms. The molecule has 8 heteroatoms. The molecular formula is C21H26N4O4. The van der Waals surface area contributed by atoms with Gasteiger partial charge in [0.2, 0.25) is 0 Å². The van der Waals surface area contributed by atoms with E-state index in [0.29, 0.717) is 43.1 Å². The van der Waals surface area contributed by atoms with Crippen molar-refractivity contribution in [2.24, 2.45) is 0 Å². The first-order chi connectivity index (χ1) is 13.9. The Labute approximate surface area is 170 Å². The molecule has 2 heterocycles. The number of ether oxygens (including phenoxy) is 2. The fourth-order valence-corrected chi connectivity index (χ4v) is 3.91. The van der Waals surface area contributed by atoms with Gasteiger partial charge in [-0.3, -0.25) is 4.90 Å². The number of fused-ring (bicyclic) bond motifs is 2. The summed E-state index contributed by atoms with van der Waals surface area (Å²) in [6, 6.07) is 9.40. The van der Waals surface area contributed by atoms with Gasteiger partial charge in [0.05, 0.1) is 23.8 Å². The van der Waals surface area contributed by atoms with Crippen molar-refractivity contribution in [2.45, 2.75) is 44.4 Å². The van der Waals surface area contributed by atoms with E-state index in [4.69, 9.17) is 14.7 Å². The van der Waals surface area contributed by atoms with E-state index in [-0.39, 0.29) is 24.8 Å². The van der Waals surface area contributed by atoms with Gasteiger partial charge in [0.25, 0.3) is 0 Å². The molecule has 1 N–H and O–H groups in total. The molecule has 154 valence electrons. The molecular weight excluding hydrogens is 372 g/mol. The van der Waals surface area contributed by atoms with E-state index in [2.05, 4.69) is 11.0 Å². The van der Waals surface area contributed by atoms with E-state index in [1.807, 2.05) is 6.07 Å². The Kier molecular flexibility index (Phi) is 6.26. The normalized spacial score (nSPS) is 21.3. The van der Waals surface area contributed by atoms with Gasteiger partial charge < -0.3 is 19.5 Å². The zero-order chi connectivity index (χ0) is 21.0. The Morgan fingerprint density at radius 1 is 1.24 bits per heavy atom. The van der Waals surface area contributed by atoms with Crippen molar-refractivity contribution in [3.63, 3.8) is 0 Å². The van der Waals surface area contributed by atoms with Crippen LogP contribution in [0, 0.1) is 22.7 Å². The van der Waals surface area contributed by atoms with Crippen LogP contribution in [0.1, 0.15) is 37.8 Å². The van der Waals surface area contributed by atoms with Crippen LogP contribution < -0.4 is 4.74 Å². The quantitative estimate of drug-likeness (QED) is 0.779. The highest BCUT2D eigenvalue weighted by Gasteiger charge is 2.42. The molecule has 1 amide bonds. The number of piperazine rings is 1. The van der Waals surface area contributed by atoms with Crippen LogP contribution in [0.4, 0.5) is 4.79 Å². The third-order valence-corrected chi connectivity index (χ3v) is 5.47. The molecule has 0 aliphatic carbocycles. The third kappa shape index (κ3) is 4.79. The molecule has 1 aromatic carbocycles. The number of likely N-dealkylation sites (tertiary alicyclic amines) is 1. The summed E-state index contributed by atoms with van der Waals surface area (Å²) in [6.45, 7) is 5.47. The maximum absolute atomic E-state index is 12.4. The molecule has 3 rings (SSSR count). The van der Waals surface area contributed by atoms with Crippen molar-refractivity contribution >= 4 is 6.09 Å². The molecule has 8 nitrogen and oxygen atoms in total. The second kappa shape index (κ2) is 8.69. The first-order valence-electron chi connectivity index (χ1n) is 9.78. The SMILES string of the molecule is CC(C)(CO)OC(=O)N1CC2CCC(C1)N2CCOc1ccc(C#N)cc1C#N. The zero-order valence-electron chi connectivity index (χ0n) is 16.8. The molecule has 0 radical (unpaired) electrons. The van der Waals surface area contributed by atoms with Gasteiger partial charge in [0.1, 0.15) is 24.0 Å². The average Bonchev–Trinajstić information content (AvgIpc) is 2.94. The molecule has 0 aromatic heterocycles. The molecule has 2 atom stereocenters. The lowest BCUT2D eigenvalue weighted by Gasteiger charge is -2.41. The maximum Gasteiger partial charge on any atom is 0.410 e. The highest BCUT2D eigenvalue weighted by Crippen LogP contribution is 2.31. The number of carbonyl (C=O) groups is 1. The minimum absolute atomic E-state index is 0.219. The summed E-state index contributed by atoms with van der Waals surface area (Å²) in [4.78, 5) is 16.5. The Hall–Kier alpha value is -2.81. The summed E-state index contributed by atoms with van der Waals surface area (Å²) in [5.74, 6) is 0.479. The number of nitriles is 2. The number of aliphatic hydroxyl groups excluding tert-OH is 1. The number of amides is 1. The molecule has 2 bridgehead atoms. The van der Waals surface area contributed by atoms with Gasteiger partial charge in [0, 0.05) is 31.7 Å². The molecule has 2 aliphatic rings. The lowest BCUT2D eigenvalue weighted by molar-refractivity contribution is -0.0330. The highest BCUT2D eigenvalue weighted by atomic mass is 16.6. The van der Waals surface area contributed by atoms with Gasteiger partial charge in [0.15, 0.2) is 0 Å². The number of carbonyl (C=O) groups excluding carboxylic acids is 1. The van der Waals surface area contributed by atoms with Gasteiger partial charge >= 0.3 is 6.09 Å². The fraction of sp³-hybridized carbons (Fsp3) is 0.571. The topological polar surface area (TPSA) is 110 Å². The Balaban J connectivity index is 1.54. The van der Waals surface area contributed by atoms with Gasteiger partial charge in [-0.25, -0.2) is 4.79 Å². The Morgan fingerprint density at radius 3 is 2.52 bits per heavy atom. The van der Waals surface area contributed by atoms with E-state index in [9.17, 15) is 15.2 Å². The van der Waals surface area contributed by atoms with Crippen molar-refractivity contribution in [1.82, 2.24) is 9.80 Å². The zero-order valence-corrected chi connectivity index (χ0v) is 16.8. The molecule has 0 saturated carbocycles. The van der Waals surface area contributed by atoms with Crippen LogP contribution in [0.15, 0.2) is 18.2 Å². The minimum atomic E-state index is -0.888. The van der Waals surface area contributed by atoms with Crippen LogP contribution in [0.25, 0.3) is 0 Å². The van der Waals surface area contributed by atoms with Crippen LogP contribution in [0.5, 0.6) is 5.75 Å². The summed E-state index contributed by atoms with van der Waals surface area (Å²) < 4.78 is 11.2. The second-order valence-corrected chi connectivity index (χ2v) is 8.10. The fourth-order valence-electron chi connectivity index (χ4n) is 3.91.